The number of hydrogen-bond donors (Lipinski definition) is 1. The maximum absolute atomic E-state index is 12.5. The molecule has 0 radical (unpaired) electrons. The Balaban J connectivity index is 2.95. The van der Waals surface area contributed by atoms with Crippen LogP contribution >= 0.6 is 11.3 Å². The first-order valence-electron chi connectivity index (χ1n) is 7.38. The summed E-state index contributed by atoms with van der Waals surface area (Å²) in [5, 5.41) is 4.13. The molecule has 1 aromatic heterocycles. The van der Waals surface area contributed by atoms with Crippen molar-refractivity contribution >= 4 is 16.5 Å². The number of aromatic nitrogens is 1. The normalized spacial score (nSPS) is 13.8. The molecule has 6 heteroatoms. The number of thiazole rings is 1. The first-order chi connectivity index (χ1) is 9.64. The Morgan fingerprint density at radius 3 is 2.43 bits per heavy atom. The van der Waals surface area contributed by atoms with E-state index in [9.17, 15) is 8.78 Å². The van der Waals surface area contributed by atoms with Gasteiger partial charge in [0.25, 0.3) is 6.43 Å². The number of hydrogen-bond acceptors (Lipinski definition) is 4. The van der Waals surface area contributed by atoms with Gasteiger partial charge in [-0.25, -0.2) is 13.8 Å². The first kappa shape index (κ1) is 18.3. The third-order valence-electron chi connectivity index (χ3n) is 3.31. The van der Waals surface area contributed by atoms with E-state index in [1.807, 2.05) is 0 Å². The van der Waals surface area contributed by atoms with Gasteiger partial charge in [-0.2, -0.15) is 0 Å². The Morgan fingerprint density at radius 2 is 1.95 bits per heavy atom. The molecular weight excluding hydrogens is 292 g/mol. The Labute approximate surface area is 130 Å². The van der Waals surface area contributed by atoms with Crippen LogP contribution in [0.5, 0.6) is 0 Å². The summed E-state index contributed by atoms with van der Waals surface area (Å²) in [6, 6.07) is 0. The third kappa shape index (κ3) is 5.87. The van der Waals surface area contributed by atoms with Crippen molar-refractivity contribution < 1.29 is 8.78 Å². The van der Waals surface area contributed by atoms with Crippen molar-refractivity contribution in [2.45, 2.75) is 65.5 Å². The molecule has 0 saturated carbocycles. The van der Waals surface area contributed by atoms with Crippen LogP contribution in [-0.4, -0.2) is 30.5 Å². The first-order valence-corrected chi connectivity index (χ1v) is 8.19. The van der Waals surface area contributed by atoms with E-state index in [0.29, 0.717) is 11.0 Å². The van der Waals surface area contributed by atoms with Gasteiger partial charge in [0.2, 0.25) is 0 Å². The molecule has 1 rings (SSSR count). The third-order valence-corrected chi connectivity index (χ3v) is 4.50. The molecule has 0 aliphatic carbocycles. The van der Waals surface area contributed by atoms with E-state index in [1.54, 1.807) is 11.9 Å². The molecule has 122 valence electrons. The summed E-state index contributed by atoms with van der Waals surface area (Å²) >= 11 is 1.51. The molecule has 1 atom stereocenters. The quantitative estimate of drug-likeness (QED) is 0.814. The van der Waals surface area contributed by atoms with Crippen molar-refractivity contribution in [3.05, 3.63) is 10.6 Å². The molecule has 3 nitrogen and oxygen atoms in total. The zero-order chi connectivity index (χ0) is 16.2. The molecule has 0 saturated heterocycles. The van der Waals surface area contributed by atoms with Gasteiger partial charge in [0.05, 0.1) is 12.2 Å². The van der Waals surface area contributed by atoms with Gasteiger partial charge in [-0.15, -0.1) is 11.3 Å². The van der Waals surface area contributed by atoms with E-state index < -0.39 is 6.43 Å². The van der Waals surface area contributed by atoms with Gasteiger partial charge in [0, 0.05) is 24.0 Å². The molecule has 0 amide bonds. The molecule has 0 aromatic carbocycles. The summed E-state index contributed by atoms with van der Waals surface area (Å²) in [6.45, 7) is 11.0. The van der Waals surface area contributed by atoms with Crippen molar-refractivity contribution in [3.8, 4) is 0 Å². The minimum Gasteiger partial charge on any atom is -0.345 e. The van der Waals surface area contributed by atoms with Crippen LogP contribution in [0, 0.1) is 0 Å². The van der Waals surface area contributed by atoms with E-state index in [0.717, 1.165) is 23.5 Å². The number of anilines is 1. The van der Waals surface area contributed by atoms with Crippen molar-refractivity contribution in [2.24, 2.45) is 0 Å². The number of rotatable bonds is 7. The standard InChI is InChI=1S/C15H27F2N3S/c1-7-10(2)13-11(8-18-15(3,4)5)21-14(19-13)20(6)9-12(16)17/h10,12,18H,7-9H2,1-6H3. The fraction of sp³-hybridized carbons (Fsp3) is 0.800. The fourth-order valence-electron chi connectivity index (χ4n) is 1.85. The molecule has 1 aromatic rings. The molecule has 0 bridgehead atoms. The van der Waals surface area contributed by atoms with Gasteiger partial charge in [-0.05, 0) is 33.1 Å². The van der Waals surface area contributed by atoms with Crippen LogP contribution in [-0.2, 0) is 6.54 Å². The molecule has 0 aliphatic rings. The predicted molar refractivity (Wildman–Crippen MR) is 86.7 cm³/mol. The van der Waals surface area contributed by atoms with E-state index in [1.165, 1.54) is 11.3 Å². The van der Waals surface area contributed by atoms with Crippen LogP contribution in [0.15, 0.2) is 0 Å². The lowest BCUT2D eigenvalue weighted by molar-refractivity contribution is 0.156. The Kier molecular flexibility index (Phi) is 6.53. The summed E-state index contributed by atoms with van der Waals surface area (Å²) in [4.78, 5) is 7.30. The average Bonchev–Trinajstić information content (AvgIpc) is 2.78. The molecule has 21 heavy (non-hydrogen) atoms. The predicted octanol–water partition coefficient (Wildman–Crippen LogP) is 4.25. The molecule has 1 heterocycles. The summed E-state index contributed by atoms with van der Waals surface area (Å²) in [7, 11) is 1.67. The Bertz CT molecular complexity index is 441. The van der Waals surface area contributed by atoms with Gasteiger partial charge in [-0.1, -0.05) is 13.8 Å². The highest BCUT2D eigenvalue weighted by Gasteiger charge is 2.20. The minimum atomic E-state index is -2.35. The lowest BCUT2D eigenvalue weighted by Gasteiger charge is -2.20. The second-order valence-corrected chi connectivity index (χ2v) is 7.55. The summed E-state index contributed by atoms with van der Waals surface area (Å²) in [5.41, 5.74) is 1.06. The van der Waals surface area contributed by atoms with Crippen LogP contribution in [0.1, 0.15) is 57.5 Å². The van der Waals surface area contributed by atoms with Crippen LogP contribution in [0.3, 0.4) is 0 Å². The molecule has 0 spiro atoms. The zero-order valence-electron chi connectivity index (χ0n) is 13.8. The smallest absolute Gasteiger partial charge is 0.255 e. The van der Waals surface area contributed by atoms with E-state index >= 15 is 0 Å². The summed E-state index contributed by atoms with van der Waals surface area (Å²) < 4.78 is 25.1. The van der Waals surface area contributed by atoms with E-state index in [2.05, 4.69) is 44.9 Å². The largest absolute Gasteiger partial charge is 0.345 e. The highest BCUT2D eigenvalue weighted by molar-refractivity contribution is 7.15. The van der Waals surface area contributed by atoms with E-state index in [-0.39, 0.29) is 12.1 Å². The fourth-order valence-corrected chi connectivity index (χ4v) is 2.94. The van der Waals surface area contributed by atoms with Gasteiger partial charge >= 0.3 is 0 Å². The lowest BCUT2D eigenvalue weighted by atomic mass is 10.0. The maximum atomic E-state index is 12.5. The SMILES string of the molecule is CCC(C)c1nc(N(C)CC(F)F)sc1CNC(C)(C)C. The Morgan fingerprint density at radius 1 is 1.33 bits per heavy atom. The number of alkyl halides is 2. The number of nitrogens with zero attached hydrogens (tertiary/aromatic N) is 2. The molecular formula is C15H27F2N3S. The highest BCUT2D eigenvalue weighted by Crippen LogP contribution is 2.32. The van der Waals surface area contributed by atoms with Crippen LogP contribution in [0.4, 0.5) is 13.9 Å². The second-order valence-electron chi connectivity index (χ2n) is 6.49. The number of nitrogens with one attached hydrogen (secondary N) is 1. The molecule has 1 unspecified atom stereocenters. The van der Waals surface area contributed by atoms with Crippen molar-refractivity contribution in [1.82, 2.24) is 10.3 Å². The summed E-state index contributed by atoms with van der Waals surface area (Å²) in [5.74, 6) is 0.340. The number of halogens is 2. The molecule has 1 N–H and O–H groups in total. The van der Waals surface area contributed by atoms with Gasteiger partial charge < -0.3 is 10.2 Å². The van der Waals surface area contributed by atoms with Crippen LogP contribution in [0.25, 0.3) is 0 Å². The topological polar surface area (TPSA) is 28.2 Å². The Hall–Kier alpha value is -0.750. The minimum absolute atomic E-state index is 0.0196. The van der Waals surface area contributed by atoms with Crippen molar-refractivity contribution in [2.75, 3.05) is 18.5 Å². The van der Waals surface area contributed by atoms with Gasteiger partial charge in [0.15, 0.2) is 5.13 Å². The molecule has 0 aliphatic heterocycles. The zero-order valence-corrected chi connectivity index (χ0v) is 14.7. The summed E-state index contributed by atoms with van der Waals surface area (Å²) in [6.07, 6.45) is -1.35. The highest BCUT2D eigenvalue weighted by atomic mass is 32.1. The van der Waals surface area contributed by atoms with Crippen LogP contribution in [0.2, 0.25) is 0 Å². The van der Waals surface area contributed by atoms with Gasteiger partial charge in [-0.3, -0.25) is 0 Å². The van der Waals surface area contributed by atoms with Crippen molar-refractivity contribution in [3.63, 3.8) is 0 Å². The van der Waals surface area contributed by atoms with Gasteiger partial charge in [0.1, 0.15) is 0 Å². The average molecular weight is 319 g/mol. The monoisotopic (exact) mass is 319 g/mol. The lowest BCUT2D eigenvalue weighted by Crippen LogP contribution is -2.35. The van der Waals surface area contributed by atoms with Crippen molar-refractivity contribution in [1.29, 1.82) is 0 Å². The molecule has 0 fully saturated rings. The van der Waals surface area contributed by atoms with Crippen LogP contribution < -0.4 is 10.2 Å². The van der Waals surface area contributed by atoms with E-state index in [4.69, 9.17) is 0 Å². The second kappa shape index (κ2) is 7.49. The maximum Gasteiger partial charge on any atom is 0.255 e.